The number of benzene rings is 1. The topological polar surface area (TPSA) is 90.7 Å². The van der Waals surface area contributed by atoms with Crippen LogP contribution in [0.15, 0.2) is 12.1 Å². The minimum absolute atomic E-state index is 0.248. The van der Waals surface area contributed by atoms with E-state index in [2.05, 4.69) is 9.15 Å². The number of nitro groups is 1. The van der Waals surface area contributed by atoms with Crippen molar-refractivity contribution in [1.29, 1.82) is 0 Å². The molecule has 0 aliphatic rings. The van der Waals surface area contributed by atoms with Gasteiger partial charge in [0.25, 0.3) is 5.69 Å². The van der Waals surface area contributed by atoms with E-state index in [1.807, 2.05) is 5.48 Å². The van der Waals surface area contributed by atoms with E-state index >= 15 is 0 Å². The van der Waals surface area contributed by atoms with Crippen molar-refractivity contribution in [3.05, 3.63) is 32.8 Å². The third kappa shape index (κ3) is 4.07. The van der Waals surface area contributed by atoms with Gasteiger partial charge in [-0.25, -0.2) is 0 Å². The third-order valence-electron chi connectivity index (χ3n) is 2.00. The van der Waals surface area contributed by atoms with Crippen molar-refractivity contribution in [2.45, 2.75) is 6.18 Å². The lowest BCUT2D eigenvalue weighted by Gasteiger charge is -2.12. The van der Waals surface area contributed by atoms with Crippen LogP contribution in [-0.2, 0) is 19.9 Å². The second-order valence-corrected chi connectivity index (χ2v) is 4.78. The Morgan fingerprint density at radius 2 is 2.05 bits per heavy atom. The highest BCUT2D eigenvalue weighted by Crippen LogP contribution is 2.40. The molecule has 1 unspecified atom stereocenters. The fourth-order valence-corrected chi connectivity index (χ4v) is 1.70. The summed E-state index contributed by atoms with van der Waals surface area (Å²) in [6.45, 7) is 0. The van der Waals surface area contributed by atoms with Crippen LogP contribution in [0.25, 0.3) is 0 Å². The minimum Gasteiger partial charge on any atom is -0.313 e. The number of nitrogens with zero attached hydrogens (tertiary/aromatic N) is 1. The Morgan fingerprint density at radius 1 is 1.45 bits per heavy atom. The predicted octanol–water partition coefficient (Wildman–Crippen LogP) is 3.65. The molecule has 0 saturated carbocycles. The molecule has 1 N–H and O–H groups in total. The van der Waals surface area contributed by atoms with Crippen LogP contribution < -0.4 is 5.48 Å². The lowest BCUT2D eigenvalue weighted by molar-refractivity contribution is -0.384. The van der Waals surface area contributed by atoms with E-state index in [9.17, 15) is 27.9 Å². The standard InChI is InChI=1S/C8H7ClF3N2O5P/c1-18-20(17)19-13-6-3-5(9)4(8(10,11)12)2-7(6)14(15)16/h2-3,13,20H,1H3. The second-order valence-electron chi connectivity index (χ2n) is 3.26. The molecule has 0 spiro atoms. The van der Waals surface area contributed by atoms with E-state index < -0.39 is 41.3 Å². The molecule has 1 atom stereocenters. The quantitative estimate of drug-likeness (QED) is 0.502. The first-order chi connectivity index (χ1) is 9.16. The van der Waals surface area contributed by atoms with Gasteiger partial charge < -0.3 is 4.52 Å². The zero-order valence-corrected chi connectivity index (χ0v) is 11.4. The number of hydrogen-bond donors (Lipinski definition) is 1. The van der Waals surface area contributed by atoms with Gasteiger partial charge in [0.15, 0.2) is 0 Å². The van der Waals surface area contributed by atoms with Crippen molar-refractivity contribution in [3.63, 3.8) is 0 Å². The van der Waals surface area contributed by atoms with Gasteiger partial charge in [-0.15, -0.1) is 0 Å². The highest BCUT2D eigenvalue weighted by Gasteiger charge is 2.36. The van der Waals surface area contributed by atoms with Crippen LogP contribution in [0.4, 0.5) is 24.5 Å². The van der Waals surface area contributed by atoms with Gasteiger partial charge >= 0.3 is 14.4 Å². The Balaban J connectivity index is 3.21. The van der Waals surface area contributed by atoms with Crippen LogP contribution in [0.2, 0.25) is 5.02 Å². The number of halogens is 4. The number of anilines is 1. The SMILES string of the molecule is CO[PH](=O)ONc1cc(Cl)c(C(F)(F)F)cc1[N+](=O)[O-]. The first-order valence-electron chi connectivity index (χ1n) is 4.72. The average Bonchev–Trinajstić information content (AvgIpc) is 2.33. The summed E-state index contributed by atoms with van der Waals surface area (Å²) in [5.74, 6) is 0. The van der Waals surface area contributed by atoms with Crippen LogP contribution in [0.5, 0.6) is 0 Å². The molecule has 0 aliphatic heterocycles. The Bertz CT molecular complexity index is 554. The van der Waals surface area contributed by atoms with E-state index in [4.69, 9.17) is 11.6 Å². The zero-order valence-electron chi connectivity index (χ0n) is 9.66. The highest BCUT2D eigenvalue weighted by atomic mass is 35.5. The lowest BCUT2D eigenvalue weighted by atomic mass is 10.1. The largest absolute Gasteiger partial charge is 0.418 e. The molecule has 0 heterocycles. The number of nitro benzene ring substituents is 1. The molecule has 0 aromatic heterocycles. The van der Waals surface area contributed by atoms with Gasteiger partial charge in [0, 0.05) is 13.2 Å². The van der Waals surface area contributed by atoms with Gasteiger partial charge in [-0.3, -0.25) is 20.2 Å². The van der Waals surface area contributed by atoms with Crippen molar-refractivity contribution < 1.29 is 31.8 Å². The Hall–Kier alpha value is -1.35. The van der Waals surface area contributed by atoms with Crippen LogP contribution in [0.3, 0.4) is 0 Å². The summed E-state index contributed by atoms with van der Waals surface area (Å²) in [6.07, 6.45) is -4.85. The fraction of sp³-hybridized carbons (Fsp3) is 0.250. The number of nitrogens with one attached hydrogen (secondary N) is 1. The molecule has 0 radical (unpaired) electrons. The molecule has 0 fully saturated rings. The monoisotopic (exact) mass is 334 g/mol. The summed E-state index contributed by atoms with van der Waals surface area (Å²) >= 11 is 5.40. The summed E-state index contributed by atoms with van der Waals surface area (Å²) in [5, 5.41) is 9.95. The van der Waals surface area contributed by atoms with Crippen molar-refractivity contribution in [2.75, 3.05) is 12.6 Å². The average molecular weight is 335 g/mol. The summed E-state index contributed by atoms with van der Waals surface area (Å²) in [5.41, 5.74) is -0.906. The summed E-state index contributed by atoms with van der Waals surface area (Å²) in [7, 11) is -1.92. The maximum Gasteiger partial charge on any atom is 0.418 e. The molecule has 1 aromatic carbocycles. The molecule has 0 bridgehead atoms. The van der Waals surface area contributed by atoms with Gasteiger partial charge in [0.2, 0.25) is 0 Å². The maximum atomic E-state index is 12.6. The Kier molecular flexibility index (Phi) is 5.35. The molecular formula is C8H7ClF3N2O5P. The number of hydrogen-bond acceptors (Lipinski definition) is 6. The fourth-order valence-electron chi connectivity index (χ4n) is 1.15. The third-order valence-corrected chi connectivity index (χ3v) is 2.91. The molecule has 7 nitrogen and oxygen atoms in total. The maximum absolute atomic E-state index is 12.6. The number of rotatable bonds is 5. The molecular weight excluding hydrogens is 328 g/mol. The minimum atomic E-state index is -4.85. The summed E-state index contributed by atoms with van der Waals surface area (Å²) in [6, 6.07) is 0.894. The first-order valence-corrected chi connectivity index (χ1v) is 6.33. The van der Waals surface area contributed by atoms with Crippen LogP contribution >= 0.6 is 19.9 Å². The van der Waals surface area contributed by atoms with E-state index in [-0.39, 0.29) is 6.07 Å². The normalized spacial score (nSPS) is 13.1. The van der Waals surface area contributed by atoms with Gasteiger partial charge in [0.05, 0.1) is 15.5 Å². The van der Waals surface area contributed by atoms with Gasteiger partial charge in [-0.2, -0.15) is 17.8 Å². The molecule has 20 heavy (non-hydrogen) atoms. The van der Waals surface area contributed by atoms with Crippen molar-refractivity contribution in [3.8, 4) is 0 Å². The van der Waals surface area contributed by atoms with E-state index in [0.29, 0.717) is 6.07 Å². The van der Waals surface area contributed by atoms with E-state index in [1.165, 1.54) is 0 Å². The molecule has 1 rings (SSSR count). The molecule has 1 aromatic rings. The zero-order chi connectivity index (χ0) is 15.5. The van der Waals surface area contributed by atoms with Crippen molar-refractivity contribution in [2.24, 2.45) is 0 Å². The van der Waals surface area contributed by atoms with Crippen LogP contribution in [-0.4, -0.2) is 12.0 Å². The second kappa shape index (κ2) is 6.40. The Labute approximate surface area is 115 Å². The summed E-state index contributed by atoms with van der Waals surface area (Å²) < 4.78 is 57.2. The molecule has 12 heteroatoms. The molecule has 0 saturated heterocycles. The van der Waals surface area contributed by atoms with Crippen LogP contribution in [0, 0.1) is 10.1 Å². The van der Waals surface area contributed by atoms with Crippen molar-refractivity contribution in [1.82, 2.24) is 0 Å². The van der Waals surface area contributed by atoms with Crippen LogP contribution in [0.1, 0.15) is 5.56 Å². The van der Waals surface area contributed by atoms with Gasteiger partial charge in [-0.1, -0.05) is 11.6 Å². The predicted molar refractivity (Wildman–Crippen MR) is 63.8 cm³/mol. The molecule has 0 amide bonds. The molecule has 0 aliphatic carbocycles. The summed E-state index contributed by atoms with van der Waals surface area (Å²) in [4.78, 5) is 9.66. The number of alkyl halides is 3. The smallest absolute Gasteiger partial charge is 0.313 e. The molecule has 112 valence electrons. The van der Waals surface area contributed by atoms with Gasteiger partial charge in [0.1, 0.15) is 5.69 Å². The lowest BCUT2D eigenvalue weighted by Crippen LogP contribution is -2.08. The first kappa shape index (κ1) is 16.7. The van der Waals surface area contributed by atoms with E-state index in [1.54, 1.807) is 0 Å². The Morgan fingerprint density at radius 3 is 2.50 bits per heavy atom. The van der Waals surface area contributed by atoms with Gasteiger partial charge in [-0.05, 0) is 6.07 Å². The highest BCUT2D eigenvalue weighted by molar-refractivity contribution is 7.33. The van der Waals surface area contributed by atoms with E-state index in [0.717, 1.165) is 7.11 Å². The van der Waals surface area contributed by atoms with Crippen molar-refractivity contribution >= 4 is 31.2 Å².